The average Bonchev–Trinajstić information content (AvgIpc) is 2.90. The van der Waals surface area contributed by atoms with E-state index in [-0.39, 0.29) is 12.4 Å². The summed E-state index contributed by atoms with van der Waals surface area (Å²) in [5, 5.41) is 0.910. The summed E-state index contributed by atoms with van der Waals surface area (Å²) in [6, 6.07) is 10.4. The molecule has 3 aromatic rings. The Bertz CT molecular complexity index is 1300. The topological polar surface area (TPSA) is 76.1 Å². The Balaban J connectivity index is 1.35. The second kappa shape index (κ2) is 15.9. The van der Waals surface area contributed by atoms with Crippen LogP contribution in [-0.4, -0.2) is 70.1 Å². The van der Waals surface area contributed by atoms with E-state index in [2.05, 4.69) is 11.6 Å². The molecule has 38 heavy (non-hydrogen) atoms. The molecule has 11 heteroatoms. The first-order valence-corrected chi connectivity index (χ1v) is 14.3. The van der Waals surface area contributed by atoms with Gasteiger partial charge in [-0.1, -0.05) is 18.8 Å². The van der Waals surface area contributed by atoms with Crippen LogP contribution in [0.15, 0.2) is 53.4 Å². The van der Waals surface area contributed by atoms with Crippen molar-refractivity contribution in [1.82, 2.24) is 4.98 Å². The highest BCUT2D eigenvalue weighted by molar-refractivity contribution is 7.98. The van der Waals surface area contributed by atoms with Crippen LogP contribution in [0, 0.1) is 9.64 Å². The van der Waals surface area contributed by atoms with Crippen molar-refractivity contribution in [3.8, 4) is 17.0 Å². The molecule has 0 unspecified atom stereocenters. The number of hydrogen-bond donors (Lipinski definition) is 0. The van der Waals surface area contributed by atoms with Gasteiger partial charge >= 0.3 is 5.97 Å². The molecule has 1 aromatic carbocycles. The van der Waals surface area contributed by atoms with Crippen LogP contribution in [0.1, 0.15) is 6.92 Å². The number of ether oxygens (including phenoxy) is 5. The maximum Gasteiger partial charge on any atom is 0.333 e. The summed E-state index contributed by atoms with van der Waals surface area (Å²) < 4.78 is 41.5. The lowest BCUT2D eigenvalue weighted by atomic mass is 10.1. The van der Waals surface area contributed by atoms with Crippen LogP contribution in [-0.2, 0) is 23.7 Å². The highest BCUT2D eigenvalue weighted by Crippen LogP contribution is 2.35. The minimum absolute atomic E-state index is 0.185. The molecule has 0 spiro atoms. The van der Waals surface area contributed by atoms with E-state index in [1.165, 1.54) is 23.5 Å². The van der Waals surface area contributed by atoms with E-state index >= 15 is 0 Å². The quantitative estimate of drug-likeness (QED) is 0.0658. The minimum Gasteiger partial charge on any atom is -0.475 e. The number of rotatable bonds is 16. The van der Waals surface area contributed by atoms with Gasteiger partial charge in [0.2, 0.25) is 5.88 Å². The Hall–Kier alpha value is -2.41. The number of fused-ring (bicyclic) bond motifs is 1. The SMILES string of the molecule is C=C(C)C(=O)OCCOCCOCCOCCOc1ccc2cc(-c3cc(F)ccc3SC)c(=S)sc2n1. The van der Waals surface area contributed by atoms with E-state index in [1.54, 1.807) is 30.8 Å². The smallest absolute Gasteiger partial charge is 0.333 e. The van der Waals surface area contributed by atoms with Gasteiger partial charge in [-0.25, -0.2) is 14.2 Å². The molecule has 0 N–H and O–H groups in total. The van der Waals surface area contributed by atoms with Gasteiger partial charge in [0.05, 0.1) is 43.5 Å². The molecule has 0 amide bonds. The van der Waals surface area contributed by atoms with Crippen LogP contribution in [0.5, 0.6) is 5.88 Å². The van der Waals surface area contributed by atoms with Gasteiger partial charge in [0.25, 0.3) is 0 Å². The Morgan fingerprint density at radius 1 is 0.974 bits per heavy atom. The lowest BCUT2D eigenvalue weighted by molar-refractivity contribution is -0.140. The monoisotopic (exact) mass is 579 g/mol. The molecule has 204 valence electrons. The first-order chi connectivity index (χ1) is 18.4. The molecule has 0 aliphatic rings. The molecule has 0 bridgehead atoms. The van der Waals surface area contributed by atoms with Gasteiger partial charge in [0, 0.05) is 33.0 Å². The molecule has 2 aromatic heterocycles. The number of nitrogens with zero attached hydrogens (tertiary/aromatic N) is 1. The van der Waals surface area contributed by atoms with E-state index in [0.29, 0.717) is 61.5 Å². The summed E-state index contributed by atoms with van der Waals surface area (Å²) in [6.07, 6.45) is 1.96. The summed E-state index contributed by atoms with van der Waals surface area (Å²) >= 11 is 8.54. The molecule has 0 radical (unpaired) electrons. The molecule has 0 aliphatic carbocycles. The zero-order valence-corrected chi connectivity index (χ0v) is 23.8. The number of thioether (sulfide) groups is 1. The number of hydrogen-bond acceptors (Lipinski definition) is 10. The highest BCUT2D eigenvalue weighted by Gasteiger charge is 2.11. The van der Waals surface area contributed by atoms with Crippen molar-refractivity contribution in [3.63, 3.8) is 0 Å². The second-order valence-electron chi connectivity index (χ2n) is 7.94. The van der Waals surface area contributed by atoms with Crippen molar-refractivity contribution < 1.29 is 32.9 Å². The predicted octanol–water partition coefficient (Wildman–Crippen LogP) is 6.10. The normalized spacial score (nSPS) is 11.0. The van der Waals surface area contributed by atoms with Crippen LogP contribution in [0.3, 0.4) is 0 Å². The van der Waals surface area contributed by atoms with Crippen molar-refractivity contribution in [1.29, 1.82) is 0 Å². The first-order valence-electron chi connectivity index (χ1n) is 11.9. The van der Waals surface area contributed by atoms with Gasteiger partial charge in [-0.3, -0.25) is 0 Å². The van der Waals surface area contributed by atoms with E-state index in [4.69, 9.17) is 35.9 Å². The van der Waals surface area contributed by atoms with Gasteiger partial charge in [-0.15, -0.1) is 23.1 Å². The first kappa shape index (κ1) is 30.1. The molecule has 3 rings (SSSR count). The molecule has 7 nitrogen and oxygen atoms in total. The Morgan fingerprint density at radius 3 is 2.29 bits per heavy atom. The molecule has 0 saturated carbocycles. The number of esters is 1. The van der Waals surface area contributed by atoms with Crippen molar-refractivity contribution in [3.05, 3.63) is 58.2 Å². The molecular formula is C27H30FNO6S3. The maximum absolute atomic E-state index is 13.9. The van der Waals surface area contributed by atoms with Crippen LogP contribution < -0.4 is 4.74 Å². The summed E-state index contributed by atoms with van der Waals surface area (Å²) in [7, 11) is 0. The average molecular weight is 580 g/mol. The van der Waals surface area contributed by atoms with Gasteiger partial charge < -0.3 is 23.7 Å². The van der Waals surface area contributed by atoms with Crippen molar-refractivity contribution >= 4 is 51.5 Å². The van der Waals surface area contributed by atoms with Crippen molar-refractivity contribution in [2.75, 3.05) is 59.1 Å². The van der Waals surface area contributed by atoms with Crippen LogP contribution >= 0.6 is 35.3 Å². The number of benzene rings is 1. The van der Waals surface area contributed by atoms with E-state index < -0.39 is 5.97 Å². The molecule has 0 atom stereocenters. The summed E-state index contributed by atoms with van der Waals surface area (Å²) in [5.74, 6) is -0.232. The fraction of sp³-hybridized carbons (Fsp3) is 0.370. The Labute approximate surface area is 234 Å². The number of aromatic nitrogens is 1. The molecule has 2 heterocycles. The van der Waals surface area contributed by atoms with Gasteiger partial charge in [0.15, 0.2) is 0 Å². The lowest BCUT2D eigenvalue weighted by Gasteiger charge is -2.10. The van der Waals surface area contributed by atoms with Crippen LogP contribution in [0.4, 0.5) is 4.39 Å². The summed E-state index contributed by atoms with van der Waals surface area (Å²) in [6.45, 7) is 7.99. The molecule has 0 saturated heterocycles. The summed E-state index contributed by atoms with van der Waals surface area (Å²) in [4.78, 5) is 17.5. The van der Waals surface area contributed by atoms with Crippen LogP contribution in [0.2, 0.25) is 0 Å². The highest BCUT2D eigenvalue weighted by atomic mass is 32.2. The van der Waals surface area contributed by atoms with Gasteiger partial charge in [0.1, 0.15) is 23.9 Å². The van der Waals surface area contributed by atoms with Crippen molar-refractivity contribution in [2.24, 2.45) is 0 Å². The van der Waals surface area contributed by atoms with E-state index in [9.17, 15) is 9.18 Å². The van der Waals surface area contributed by atoms with Gasteiger partial charge in [-0.05, 0) is 43.5 Å². The Kier molecular flexibility index (Phi) is 12.6. The summed E-state index contributed by atoms with van der Waals surface area (Å²) in [5.41, 5.74) is 1.97. The molecular weight excluding hydrogens is 549 g/mol. The molecule has 0 fully saturated rings. The van der Waals surface area contributed by atoms with Gasteiger partial charge in [-0.2, -0.15) is 0 Å². The van der Waals surface area contributed by atoms with E-state index in [0.717, 1.165) is 26.2 Å². The predicted molar refractivity (Wildman–Crippen MR) is 151 cm³/mol. The van der Waals surface area contributed by atoms with Crippen molar-refractivity contribution in [2.45, 2.75) is 11.8 Å². The third-order valence-electron chi connectivity index (χ3n) is 5.06. The largest absolute Gasteiger partial charge is 0.475 e. The minimum atomic E-state index is -0.422. The number of carbonyl (C=O) groups excluding carboxylic acids is 1. The fourth-order valence-electron chi connectivity index (χ4n) is 3.21. The number of carbonyl (C=O) groups is 1. The Morgan fingerprint density at radius 2 is 1.63 bits per heavy atom. The zero-order valence-electron chi connectivity index (χ0n) is 21.3. The molecule has 0 aliphatic heterocycles. The fourth-order valence-corrected chi connectivity index (χ4v) is 5.04. The maximum atomic E-state index is 13.9. The standard InChI is InChI=1S/C27H30FNO6S3/c1-18(2)26(30)35-15-13-33-11-9-31-8-10-32-12-14-34-24-7-4-19-16-22(27(36)38-25(19)29-24)21-17-20(28)5-6-23(21)37-3/h4-7,16-17H,1,8-15H2,2-3H3. The third kappa shape index (κ3) is 9.40. The number of halogens is 1. The lowest BCUT2D eigenvalue weighted by Crippen LogP contribution is -2.15. The van der Waals surface area contributed by atoms with Crippen LogP contribution in [0.25, 0.3) is 21.3 Å². The number of pyridine rings is 1. The second-order valence-corrected chi connectivity index (χ2v) is 10.5. The zero-order chi connectivity index (χ0) is 27.3. The van der Waals surface area contributed by atoms with E-state index in [1.807, 2.05) is 18.4 Å². The third-order valence-corrected chi connectivity index (χ3v) is 7.25.